The summed E-state index contributed by atoms with van der Waals surface area (Å²) in [5.74, 6) is 0.917. The second kappa shape index (κ2) is 5.88. The first kappa shape index (κ1) is 14.7. The van der Waals surface area contributed by atoms with Crippen LogP contribution in [0.5, 0.6) is 0 Å². The molecule has 114 valence electrons. The molecule has 3 aromatic rings. The highest BCUT2D eigenvalue weighted by Crippen LogP contribution is 2.18. The van der Waals surface area contributed by atoms with E-state index >= 15 is 0 Å². The summed E-state index contributed by atoms with van der Waals surface area (Å²) in [6, 6.07) is 5.99. The van der Waals surface area contributed by atoms with Crippen LogP contribution in [-0.2, 0) is 17.8 Å². The molecule has 3 rings (SSSR count). The Morgan fingerprint density at radius 1 is 1.27 bits per heavy atom. The zero-order valence-corrected chi connectivity index (χ0v) is 13.7. The fourth-order valence-electron chi connectivity index (χ4n) is 2.44. The van der Waals surface area contributed by atoms with Crippen molar-refractivity contribution < 1.29 is 4.79 Å². The summed E-state index contributed by atoms with van der Waals surface area (Å²) in [6.07, 6.45) is 0.392. The van der Waals surface area contributed by atoms with Gasteiger partial charge in [-0.05, 0) is 38.5 Å². The predicted octanol–water partition coefficient (Wildman–Crippen LogP) is 2.80. The average molecular weight is 314 g/mol. The predicted molar refractivity (Wildman–Crippen MR) is 88.0 cm³/mol. The van der Waals surface area contributed by atoms with Gasteiger partial charge in [-0.25, -0.2) is 9.97 Å². The van der Waals surface area contributed by atoms with Crippen LogP contribution < -0.4 is 5.32 Å². The number of thiazole rings is 1. The lowest BCUT2D eigenvalue weighted by Crippen LogP contribution is -2.24. The molecule has 0 aliphatic heterocycles. The molecule has 0 spiro atoms. The maximum Gasteiger partial charge on any atom is 0.225 e. The van der Waals surface area contributed by atoms with Crippen LogP contribution in [0.1, 0.15) is 27.0 Å². The number of fused-ring (bicyclic) bond motifs is 1. The summed E-state index contributed by atoms with van der Waals surface area (Å²) in [6.45, 7) is 6.35. The molecule has 0 radical (unpaired) electrons. The summed E-state index contributed by atoms with van der Waals surface area (Å²) < 4.78 is 0. The van der Waals surface area contributed by atoms with Gasteiger partial charge in [-0.1, -0.05) is 6.07 Å². The number of rotatable bonds is 4. The highest BCUT2D eigenvalue weighted by Gasteiger charge is 2.10. The number of imidazole rings is 1. The lowest BCUT2D eigenvalue weighted by molar-refractivity contribution is -0.120. The Bertz CT molecular complexity index is 834. The van der Waals surface area contributed by atoms with E-state index in [4.69, 9.17) is 0 Å². The molecule has 2 N–H and O–H groups in total. The number of aromatic nitrogens is 3. The summed E-state index contributed by atoms with van der Waals surface area (Å²) >= 11 is 1.58. The highest BCUT2D eigenvalue weighted by atomic mass is 32.1. The zero-order chi connectivity index (χ0) is 15.7. The van der Waals surface area contributed by atoms with E-state index in [0.717, 1.165) is 38.0 Å². The van der Waals surface area contributed by atoms with Gasteiger partial charge in [0.15, 0.2) is 0 Å². The lowest BCUT2D eigenvalue weighted by atomic mass is 10.2. The van der Waals surface area contributed by atoms with Crippen LogP contribution in [0.25, 0.3) is 11.0 Å². The van der Waals surface area contributed by atoms with Gasteiger partial charge in [0.05, 0.1) is 28.2 Å². The third-order valence-electron chi connectivity index (χ3n) is 3.48. The number of benzene rings is 1. The molecule has 2 aromatic heterocycles. The van der Waals surface area contributed by atoms with Crippen molar-refractivity contribution in [2.75, 3.05) is 0 Å². The molecular weight excluding hydrogens is 296 g/mol. The molecule has 2 heterocycles. The quantitative estimate of drug-likeness (QED) is 0.778. The molecule has 0 bridgehead atoms. The van der Waals surface area contributed by atoms with Crippen molar-refractivity contribution >= 4 is 28.3 Å². The second-order valence-corrected chi connectivity index (χ2v) is 6.66. The van der Waals surface area contributed by atoms with Gasteiger partial charge in [0.2, 0.25) is 5.91 Å². The van der Waals surface area contributed by atoms with Crippen molar-refractivity contribution in [1.82, 2.24) is 20.3 Å². The van der Waals surface area contributed by atoms with E-state index < -0.39 is 0 Å². The normalized spacial score (nSPS) is 11.0. The molecule has 0 aliphatic carbocycles. The number of H-pyrrole nitrogens is 1. The van der Waals surface area contributed by atoms with Gasteiger partial charge in [0, 0.05) is 11.4 Å². The molecule has 6 heteroatoms. The van der Waals surface area contributed by atoms with Gasteiger partial charge in [-0.2, -0.15) is 0 Å². The van der Waals surface area contributed by atoms with E-state index in [1.54, 1.807) is 11.3 Å². The third kappa shape index (κ3) is 3.17. The Morgan fingerprint density at radius 2 is 2.09 bits per heavy atom. The molecule has 22 heavy (non-hydrogen) atoms. The number of carbonyl (C=O) groups excluding carboxylic acids is 1. The number of amides is 1. The van der Waals surface area contributed by atoms with Crippen molar-refractivity contribution in [3.05, 3.63) is 45.2 Å². The van der Waals surface area contributed by atoms with Crippen LogP contribution >= 0.6 is 11.3 Å². The van der Waals surface area contributed by atoms with E-state index in [1.165, 1.54) is 0 Å². The van der Waals surface area contributed by atoms with Crippen LogP contribution in [0.4, 0.5) is 0 Å². The van der Waals surface area contributed by atoms with E-state index in [9.17, 15) is 4.79 Å². The zero-order valence-electron chi connectivity index (χ0n) is 12.9. The van der Waals surface area contributed by atoms with Crippen LogP contribution in [0.2, 0.25) is 0 Å². The SMILES string of the molecule is Cc1nc2ccc(CNC(=O)Cc3sc(C)nc3C)cc2[nH]1. The van der Waals surface area contributed by atoms with Crippen molar-refractivity contribution in [2.24, 2.45) is 0 Å². The van der Waals surface area contributed by atoms with Crippen LogP contribution in [-0.4, -0.2) is 20.9 Å². The topological polar surface area (TPSA) is 70.7 Å². The van der Waals surface area contributed by atoms with Crippen molar-refractivity contribution in [3.63, 3.8) is 0 Å². The Balaban J connectivity index is 1.63. The number of carbonyl (C=O) groups is 1. The first-order chi connectivity index (χ1) is 10.5. The Morgan fingerprint density at radius 3 is 2.82 bits per heavy atom. The molecular formula is C16H18N4OS. The first-order valence-electron chi connectivity index (χ1n) is 7.16. The highest BCUT2D eigenvalue weighted by molar-refractivity contribution is 7.11. The van der Waals surface area contributed by atoms with E-state index in [2.05, 4.69) is 20.3 Å². The summed E-state index contributed by atoms with van der Waals surface area (Å²) in [7, 11) is 0. The smallest absolute Gasteiger partial charge is 0.225 e. The average Bonchev–Trinajstić information content (AvgIpc) is 2.97. The Labute approximate surface area is 132 Å². The molecule has 1 aromatic carbocycles. The van der Waals surface area contributed by atoms with Crippen LogP contribution in [0, 0.1) is 20.8 Å². The van der Waals surface area contributed by atoms with E-state index in [0.29, 0.717) is 13.0 Å². The third-order valence-corrected chi connectivity index (χ3v) is 4.55. The fraction of sp³-hybridized carbons (Fsp3) is 0.312. The van der Waals surface area contributed by atoms with Gasteiger partial charge in [-0.3, -0.25) is 4.79 Å². The summed E-state index contributed by atoms with van der Waals surface area (Å²) in [5, 5.41) is 3.96. The number of hydrogen-bond acceptors (Lipinski definition) is 4. The number of hydrogen-bond donors (Lipinski definition) is 2. The fourth-order valence-corrected chi connectivity index (χ4v) is 3.38. The molecule has 0 fully saturated rings. The van der Waals surface area contributed by atoms with Gasteiger partial charge < -0.3 is 10.3 Å². The molecule has 0 aliphatic rings. The number of nitrogens with zero attached hydrogens (tertiary/aromatic N) is 2. The maximum atomic E-state index is 12.1. The van der Waals surface area contributed by atoms with Gasteiger partial charge in [0.1, 0.15) is 5.82 Å². The molecule has 0 saturated heterocycles. The molecule has 1 amide bonds. The summed E-state index contributed by atoms with van der Waals surface area (Å²) in [5.41, 5.74) is 3.95. The molecule has 0 unspecified atom stereocenters. The maximum absolute atomic E-state index is 12.1. The van der Waals surface area contributed by atoms with Crippen molar-refractivity contribution in [3.8, 4) is 0 Å². The first-order valence-corrected chi connectivity index (χ1v) is 7.98. The number of nitrogens with one attached hydrogen (secondary N) is 2. The largest absolute Gasteiger partial charge is 0.352 e. The minimum absolute atomic E-state index is 0.0210. The minimum atomic E-state index is 0.0210. The van der Waals surface area contributed by atoms with Gasteiger partial charge >= 0.3 is 0 Å². The van der Waals surface area contributed by atoms with Crippen molar-refractivity contribution in [2.45, 2.75) is 33.7 Å². The van der Waals surface area contributed by atoms with Gasteiger partial charge in [-0.15, -0.1) is 11.3 Å². The van der Waals surface area contributed by atoms with Gasteiger partial charge in [0.25, 0.3) is 0 Å². The lowest BCUT2D eigenvalue weighted by Gasteiger charge is -2.05. The van der Waals surface area contributed by atoms with E-state index in [1.807, 2.05) is 39.0 Å². The second-order valence-electron chi connectivity index (χ2n) is 5.37. The standard InChI is InChI=1S/C16H18N4OS/c1-9-15(22-11(3)18-9)7-16(21)17-8-12-4-5-13-14(6-12)20-10(2)19-13/h4-6H,7-8H2,1-3H3,(H,17,21)(H,19,20). The van der Waals surface area contributed by atoms with E-state index in [-0.39, 0.29) is 5.91 Å². The Kier molecular flexibility index (Phi) is 3.94. The minimum Gasteiger partial charge on any atom is -0.352 e. The Hall–Kier alpha value is -2.21. The monoisotopic (exact) mass is 314 g/mol. The number of aromatic amines is 1. The molecule has 0 saturated carbocycles. The van der Waals surface area contributed by atoms with Crippen LogP contribution in [0.15, 0.2) is 18.2 Å². The van der Waals surface area contributed by atoms with Crippen molar-refractivity contribution in [1.29, 1.82) is 0 Å². The molecule has 5 nitrogen and oxygen atoms in total. The van der Waals surface area contributed by atoms with Crippen LogP contribution in [0.3, 0.4) is 0 Å². The molecule has 0 atom stereocenters. The number of aryl methyl sites for hydroxylation is 3. The summed E-state index contributed by atoms with van der Waals surface area (Å²) in [4.78, 5) is 25.0.